The molecule has 8 rings (SSSR count). The molecule has 2 aromatic carbocycles. The number of allylic oxidation sites excluding steroid dienone is 1. The van der Waals surface area contributed by atoms with E-state index in [9.17, 15) is 24.3 Å². The minimum Gasteiger partial charge on any atom is -0.507 e. The van der Waals surface area contributed by atoms with Crippen molar-refractivity contribution in [1.29, 1.82) is 0 Å². The molecule has 5 heterocycles. The molecule has 294 valence electrons. The minimum atomic E-state index is -0.988. The average molecular weight is 754 g/mol. The molecule has 2 aromatic rings. The van der Waals surface area contributed by atoms with Crippen LogP contribution in [0, 0.1) is 17.3 Å². The number of likely N-dealkylation sites (N-methyl/N-ethyl adjacent to an activating group) is 1. The number of likely N-dealkylation sites (tertiary alicyclic amines) is 1. The predicted octanol–water partition coefficient (Wildman–Crippen LogP) is 1.93. The lowest BCUT2D eigenvalue weighted by Gasteiger charge is -2.45. The van der Waals surface area contributed by atoms with Gasteiger partial charge in [-0.15, -0.1) is 0 Å². The van der Waals surface area contributed by atoms with E-state index in [1.165, 1.54) is 19.5 Å². The van der Waals surface area contributed by atoms with Gasteiger partial charge in [-0.05, 0) is 80.0 Å². The molecule has 7 N–H and O–H groups in total. The Morgan fingerprint density at radius 3 is 2.55 bits per heavy atom. The van der Waals surface area contributed by atoms with Crippen molar-refractivity contribution in [3.05, 3.63) is 76.7 Å². The van der Waals surface area contributed by atoms with Crippen molar-refractivity contribution in [2.75, 3.05) is 70.9 Å². The van der Waals surface area contributed by atoms with Crippen molar-refractivity contribution < 1.29 is 24.3 Å². The molecule has 0 spiro atoms. The Kier molecular flexibility index (Phi) is 10.8. The Hall–Kier alpha value is -5.08. The first-order valence-electron chi connectivity index (χ1n) is 19.6. The van der Waals surface area contributed by atoms with Crippen molar-refractivity contribution in [3.8, 4) is 5.75 Å². The largest absolute Gasteiger partial charge is 0.507 e. The molecule has 0 aromatic heterocycles. The Morgan fingerprint density at radius 1 is 1.07 bits per heavy atom. The van der Waals surface area contributed by atoms with E-state index in [0.717, 1.165) is 80.4 Å². The van der Waals surface area contributed by atoms with Crippen LogP contribution < -0.4 is 27.0 Å². The molecular formula is C41H55N9O5. The zero-order valence-electron chi connectivity index (χ0n) is 32.2. The Balaban J connectivity index is 0.000000184. The van der Waals surface area contributed by atoms with E-state index in [4.69, 9.17) is 11.5 Å². The van der Waals surface area contributed by atoms with E-state index in [2.05, 4.69) is 44.2 Å². The standard InChI is InChI=1S/C25H32N4O4.C16H23N5O/c1-3-4-21(22(31)26-15-30)29-23(32)19-6-5-18(10-20(19)24(29)33)28-8-7-25(2,14-28)13-27-11-16-9-17(16)12-27;1-20-6-7-21-11(10-20)9-19-16(18)14(21)8-13(17)12-4-2-3-5-15(12)22/h5-6,10,15-17,21H,3-4,7-9,11-14H2,1-2H3,(H,26,30,31);2-5,8,11,19,22H,6-7,9-10,17-18H2,1H3/b;13-8-. The van der Waals surface area contributed by atoms with Gasteiger partial charge in [0, 0.05) is 75.9 Å². The van der Waals surface area contributed by atoms with Crippen molar-refractivity contribution in [1.82, 2.24) is 30.2 Å². The Labute approximate surface area is 323 Å². The number of nitrogens with two attached hydrogens (primary N) is 2. The van der Waals surface area contributed by atoms with Gasteiger partial charge < -0.3 is 41.5 Å². The smallest absolute Gasteiger partial charge is 0.262 e. The van der Waals surface area contributed by atoms with E-state index in [-0.39, 0.29) is 17.6 Å². The average Bonchev–Trinajstić information content (AvgIpc) is 3.45. The second-order valence-corrected chi connectivity index (χ2v) is 16.5. The molecular weight excluding hydrogens is 699 g/mol. The van der Waals surface area contributed by atoms with Gasteiger partial charge in [-0.1, -0.05) is 32.4 Å². The highest BCUT2D eigenvalue weighted by atomic mass is 16.3. The molecule has 1 aliphatic carbocycles. The summed E-state index contributed by atoms with van der Waals surface area (Å²) in [4.78, 5) is 59.9. The number of fused-ring (bicyclic) bond motifs is 3. The third-order valence-electron chi connectivity index (χ3n) is 12.2. The number of imide groups is 2. The number of carbonyl (C=O) groups is 4. The number of benzene rings is 2. The number of rotatable bonds is 10. The first-order valence-corrected chi connectivity index (χ1v) is 19.6. The quantitative estimate of drug-likeness (QED) is 0.176. The molecule has 14 heteroatoms. The first-order chi connectivity index (χ1) is 26.4. The van der Waals surface area contributed by atoms with Crippen LogP contribution in [0.2, 0.25) is 0 Å². The Bertz CT molecular complexity index is 1890. The van der Waals surface area contributed by atoms with Crippen LogP contribution in [0.1, 0.15) is 65.8 Å². The molecule has 55 heavy (non-hydrogen) atoms. The molecule has 0 radical (unpaired) electrons. The number of piperazine rings is 1. The minimum absolute atomic E-state index is 0.175. The van der Waals surface area contributed by atoms with Gasteiger partial charge in [0.15, 0.2) is 0 Å². The summed E-state index contributed by atoms with van der Waals surface area (Å²) in [5, 5.41) is 15.3. The van der Waals surface area contributed by atoms with Gasteiger partial charge >= 0.3 is 0 Å². The van der Waals surface area contributed by atoms with Crippen LogP contribution in [0.4, 0.5) is 5.69 Å². The molecule has 6 aliphatic rings. The summed E-state index contributed by atoms with van der Waals surface area (Å²) < 4.78 is 0. The highest BCUT2D eigenvalue weighted by Crippen LogP contribution is 2.46. The summed E-state index contributed by atoms with van der Waals surface area (Å²) in [6.07, 6.45) is 5.56. The number of para-hydroxylation sites is 1. The number of aromatic hydroxyl groups is 1. The highest BCUT2D eigenvalue weighted by molar-refractivity contribution is 6.23. The maximum atomic E-state index is 13.2. The van der Waals surface area contributed by atoms with Crippen molar-refractivity contribution in [2.45, 2.75) is 51.6 Å². The van der Waals surface area contributed by atoms with Gasteiger partial charge in [0.05, 0.1) is 22.9 Å². The summed E-state index contributed by atoms with van der Waals surface area (Å²) in [5.74, 6) is 1.11. The lowest BCUT2D eigenvalue weighted by molar-refractivity contribution is -0.128. The summed E-state index contributed by atoms with van der Waals surface area (Å²) in [6, 6.07) is 11.9. The normalized spacial score (nSPS) is 26.9. The number of hydrogen-bond acceptors (Lipinski definition) is 12. The number of phenolic OH excluding ortho intramolecular Hbond substituents is 1. The highest BCUT2D eigenvalue weighted by Gasteiger charge is 2.48. The van der Waals surface area contributed by atoms with Crippen LogP contribution in [0.5, 0.6) is 5.75 Å². The van der Waals surface area contributed by atoms with Gasteiger partial charge in [-0.25, -0.2) is 0 Å². The number of amides is 4. The molecule has 14 nitrogen and oxygen atoms in total. The third kappa shape index (κ3) is 7.88. The molecule has 5 aliphatic heterocycles. The van der Waals surface area contributed by atoms with E-state index in [0.29, 0.717) is 47.1 Å². The summed E-state index contributed by atoms with van der Waals surface area (Å²) in [6.45, 7) is 13.4. The number of nitrogens with one attached hydrogen (secondary N) is 2. The molecule has 4 amide bonds. The van der Waals surface area contributed by atoms with Gasteiger partial charge in [-0.3, -0.25) is 29.4 Å². The molecule has 4 fully saturated rings. The van der Waals surface area contributed by atoms with Gasteiger partial charge in [0.25, 0.3) is 11.8 Å². The molecule has 5 unspecified atom stereocenters. The lowest BCUT2D eigenvalue weighted by Crippen LogP contribution is -2.58. The fourth-order valence-corrected chi connectivity index (χ4v) is 9.15. The van der Waals surface area contributed by atoms with Crippen LogP contribution in [-0.2, 0) is 9.59 Å². The third-order valence-corrected chi connectivity index (χ3v) is 12.2. The first kappa shape index (κ1) is 38.2. The summed E-state index contributed by atoms with van der Waals surface area (Å²) in [5.41, 5.74) is 16.2. The monoisotopic (exact) mass is 753 g/mol. The molecule has 0 bridgehead atoms. The van der Waals surface area contributed by atoms with Gasteiger partial charge in [0.2, 0.25) is 12.3 Å². The van der Waals surface area contributed by atoms with Crippen LogP contribution in [-0.4, -0.2) is 127 Å². The lowest BCUT2D eigenvalue weighted by atomic mass is 9.89. The number of anilines is 1. The number of hydrogen-bond donors (Lipinski definition) is 5. The number of piperidine rings is 1. The van der Waals surface area contributed by atoms with Gasteiger partial charge in [-0.2, -0.15) is 0 Å². The fraction of sp³-hybridized carbons (Fsp3) is 0.512. The van der Waals surface area contributed by atoms with Crippen molar-refractivity contribution in [2.24, 2.45) is 28.7 Å². The topological polar surface area (TPSA) is 181 Å². The second kappa shape index (κ2) is 15.6. The van der Waals surface area contributed by atoms with E-state index in [1.54, 1.807) is 30.3 Å². The maximum Gasteiger partial charge on any atom is 0.262 e. The van der Waals surface area contributed by atoms with Crippen LogP contribution >= 0.6 is 0 Å². The zero-order valence-corrected chi connectivity index (χ0v) is 32.2. The van der Waals surface area contributed by atoms with Crippen LogP contribution in [0.3, 0.4) is 0 Å². The van der Waals surface area contributed by atoms with E-state index in [1.807, 2.05) is 25.1 Å². The van der Waals surface area contributed by atoms with E-state index < -0.39 is 23.8 Å². The van der Waals surface area contributed by atoms with Crippen LogP contribution in [0.15, 0.2) is 60.1 Å². The number of carbonyl (C=O) groups excluding carboxylic acids is 4. The fourth-order valence-electron chi connectivity index (χ4n) is 9.15. The van der Waals surface area contributed by atoms with Crippen LogP contribution in [0.25, 0.3) is 5.70 Å². The van der Waals surface area contributed by atoms with Gasteiger partial charge in [0.1, 0.15) is 17.6 Å². The number of phenols is 1. The summed E-state index contributed by atoms with van der Waals surface area (Å²) >= 11 is 0. The van der Waals surface area contributed by atoms with Crippen molar-refractivity contribution in [3.63, 3.8) is 0 Å². The number of nitrogens with zero attached hydrogens (tertiary/aromatic N) is 5. The maximum absolute atomic E-state index is 13.2. The predicted molar refractivity (Wildman–Crippen MR) is 210 cm³/mol. The van der Waals surface area contributed by atoms with E-state index >= 15 is 0 Å². The Morgan fingerprint density at radius 2 is 1.82 bits per heavy atom. The second-order valence-electron chi connectivity index (χ2n) is 16.5. The SMILES string of the molecule is CCCC(C(=O)NC=O)N1C(=O)c2ccc(N3CCC(C)(CN4CC5CC5C4)C3)cc2C1=O.CN1CCN2C(/C=C(\N)c3ccccc3O)=C(N)NCC2C1. The molecule has 1 saturated carbocycles. The summed E-state index contributed by atoms with van der Waals surface area (Å²) in [7, 11) is 2.13. The molecule has 3 saturated heterocycles. The van der Waals surface area contributed by atoms with Crippen molar-refractivity contribution >= 4 is 35.5 Å². The zero-order chi connectivity index (χ0) is 39.0. The molecule has 5 atom stereocenters.